The first-order valence-corrected chi connectivity index (χ1v) is 8.30. The molecule has 0 aliphatic carbocycles. The van der Waals surface area contributed by atoms with E-state index in [1.807, 2.05) is 0 Å². The molecule has 3 nitrogen and oxygen atoms in total. The summed E-state index contributed by atoms with van der Waals surface area (Å²) in [6.07, 6.45) is -1.04. The highest BCUT2D eigenvalue weighted by Gasteiger charge is 2.31. The molecular weight excluding hydrogens is 335 g/mol. The minimum Gasteiger partial charge on any atom is -0.349 e. The van der Waals surface area contributed by atoms with Crippen molar-refractivity contribution in [2.45, 2.75) is 18.1 Å². The SMILES string of the molecule is CSc1[nH]c2cc(C(F)(F)F)ccc2c(=O)c1C(C)=O.C[SH2+]. The van der Waals surface area contributed by atoms with Crippen LogP contribution in [0.1, 0.15) is 22.8 Å². The first kappa shape index (κ1) is 18.6. The molecule has 0 fully saturated rings. The van der Waals surface area contributed by atoms with Gasteiger partial charge >= 0.3 is 6.18 Å². The zero-order chi connectivity index (χ0) is 17.1. The third-order valence-corrected chi connectivity index (χ3v) is 3.56. The summed E-state index contributed by atoms with van der Waals surface area (Å²) in [7, 11) is 0. The summed E-state index contributed by atoms with van der Waals surface area (Å²) in [6.45, 7) is 1.25. The third-order valence-electron chi connectivity index (χ3n) is 2.85. The number of rotatable bonds is 2. The number of carbonyl (C=O) groups is 1. The second kappa shape index (κ2) is 7.23. The number of alkyl halides is 3. The van der Waals surface area contributed by atoms with Crippen LogP contribution in [0.5, 0.6) is 0 Å². The Balaban J connectivity index is 0.00000116. The lowest BCUT2D eigenvalue weighted by Crippen LogP contribution is -2.17. The molecule has 1 aromatic heterocycles. The normalized spacial score (nSPS) is 11.0. The number of thioether (sulfide) groups is 1. The Morgan fingerprint density at radius 1 is 1.27 bits per heavy atom. The van der Waals surface area contributed by atoms with Crippen LogP contribution in [0.15, 0.2) is 28.0 Å². The van der Waals surface area contributed by atoms with Gasteiger partial charge in [0, 0.05) is 5.39 Å². The Labute approximate surface area is 134 Å². The number of halogens is 3. The summed E-state index contributed by atoms with van der Waals surface area (Å²) >= 11 is 4.08. The number of nitrogens with one attached hydrogen (secondary N) is 1. The number of benzene rings is 1. The van der Waals surface area contributed by atoms with Crippen molar-refractivity contribution in [2.24, 2.45) is 0 Å². The maximum atomic E-state index is 12.7. The summed E-state index contributed by atoms with van der Waals surface area (Å²) in [6, 6.07) is 2.80. The summed E-state index contributed by atoms with van der Waals surface area (Å²) in [4.78, 5) is 26.4. The average Bonchev–Trinajstić information content (AvgIpc) is 2.47. The zero-order valence-corrected chi connectivity index (χ0v) is 13.9. The van der Waals surface area contributed by atoms with Crippen LogP contribution in [-0.2, 0) is 18.8 Å². The van der Waals surface area contributed by atoms with Gasteiger partial charge < -0.3 is 4.98 Å². The van der Waals surface area contributed by atoms with E-state index in [9.17, 15) is 22.8 Å². The molecule has 0 spiro atoms. The summed E-state index contributed by atoms with van der Waals surface area (Å²) in [5.74, 6) is -0.419. The van der Waals surface area contributed by atoms with Gasteiger partial charge in [-0.3, -0.25) is 9.59 Å². The van der Waals surface area contributed by atoms with Gasteiger partial charge in [-0.2, -0.15) is 13.2 Å². The van der Waals surface area contributed by atoms with Crippen molar-refractivity contribution in [1.82, 2.24) is 4.98 Å². The Morgan fingerprint density at radius 2 is 1.86 bits per heavy atom. The molecule has 0 saturated heterocycles. The number of Topliss-reactive ketones (excluding diaryl/α,β-unsaturated/α-hetero) is 1. The zero-order valence-electron chi connectivity index (χ0n) is 12.1. The highest BCUT2D eigenvalue weighted by atomic mass is 32.2. The van der Waals surface area contributed by atoms with E-state index in [0.717, 1.165) is 30.0 Å². The number of H-pyrrole nitrogens is 1. The van der Waals surface area contributed by atoms with E-state index in [2.05, 4.69) is 17.6 Å². The third kappa shape index (κ3) is 3.67. The molecule has 0 bridgehead atoms. The minimum absolute atomic E-state index is 0.0234. The van der Waals surface area contributed by atoms with Crippen molar-refractivity contribution < 1.29 is 18.0 Å². The molecule has 0 aliphatic heterocycles. The second-order valence-corrected chi connectivity index (χ2v) is 4.99. The first-order valence-electron chi connectivity index (χ1n) is 6.08. The Hall–Kier alpha value is -1.41. The largest absolute Gasteiger partial charge is 0.416 e. The molecule has 0 atom stereocenters. The van der Waals surface area contributed by atoms with Crippen molar-refractivity contribution in [3.63, 3.8) is 0 Å². The van der Waals surface area contributed by atoms with Gasteiger partial charge in [-0.25, -0.2) is 0 Å². The molecule has 8 heteroatoms. The molecule has 2 aromatic rings. The van der Waals surface area contributed by atoms with E-state index in [0.29, 0.717) is 0 Å². The predicted octanol–water partition coefficient (Wildman–Crippen LogP) is 3.10. The first-order chi connectivity index (χ1) is 10.3. The van der Waals surface area contributed by atoms with Crippen molar-refractivity contribution in [2.75, 3.05) is 12.5 Å². The molecule has 0 radical (unpaired) electrons. The smallest absolute Gasteiger partial charge is 0.349 e. The second-order valence-electron chi connectivity index (χ2n) is 4.18. The van der Waals surface area contributed by atoms with E-state index >= 15 is 0 Å². The topological polar surface area (TPSA) is 49.9 Å². The van der Waals surface area contributed by atoms with Gasteiger partial charge in [0.25, 0.3) is 0 Å². The van der Waals surface area contributed by atoms with Crippen molar-refractivity contribution in [3.8, 4) is 0 Å². The van der Waals surface area contributed by atoms with E-state index in [1.54, 1.807) is 12.5 Å². The van der Waals surface area contributed by atoms with Crippen LogP contribution in [-0.4, -0.2) is 23.3 Å². The van der Waals surface area contributed by atoms with Gasteiger partial charge in [0.2, 0.25) is 5.43 Å². The molecule has 0 saturated carbocycles. The van der Waals surface area contributed by atoms with Crippen molar-refractivity contribution in [1.29, 1.82) is 0 Å². The predicted molar refractivity (Wildman–Crippen MR) is 87.4 cm³/mol. The highest BCUT2D eigenvalue weighted by Crippen LogP contribution is 2.31. The Bertz CT molecular complexity index is 754. The van der Waals surface area contributed by atoms with Gasteiger partial charge in [-0.15, -0.1) is 11.8 Å². The summed E-state index contributed by atoms with van der Waals surface area (Å²) in [5.41, 5.74) is -1.35. The lowest BCUT2D eigenvalue weighted by atomic mass is 10.1. The number of fused-ring (bicyclic) bond motifs is 1. The van der Waals surface area contributed by atoms with E-state index in [4.69, 9.17) is 0 Å². The van der Waals surface area contributed by atoms with Crippen LogP contribution in [0.25, 0.3) is 10.9 Å². The molecule has 1 heterocycles. The number of carbonyl (C=O) groups excluding carboxylic acids is 1. The summed E-state index contributed by atoms with van der Waals surface area (Å²) in [5, 5.41) is 0.343. The molecule has 120 valence electrons. The van der Waals surface area contributed by atoms with Gasteiger partial charge in [0.05, 0.1) is 27.9 Å². The monoisotopic (exact) mass is 350 g/mol. The van der Waals surface area contributed by atoms with Crippen LogP contribution < -0.4 is 5.43 Å². The molecule has 1 aromatic carbocycles. The van der Waals surface area contributed by atoms with Crippen LogP contribution in [0.4, 0.5) is 13.2 Å². The molecule has 0 amide bonds. The van der Waals surface area contributed by atoms with Gasteiger partial charge in [0.15, 0.2) is 5.78 Å². The number of hydrogen-bond acceptors (Lipinski definition) is 3. The molecular formula is C14H15F3NO2S2+. The fourth-order valence-corrected chi connectivity index (χ4v) is 2.57. The fraction of sp³-hybridized carbons (Fsp3) is 0.286. The maximum absolute atomic E-state index is 12.7. The molecule has 0 unspecified atom stereocenters. The standard InChI is InChI=1S/C13H10F3NO2S.CH4S/c1-6(18)10-11(19)8-4-3-7(13(14,15)16)5-9(8)17-12(10)20-2;1-2/h3-5H,1-2H3,(H,17,19);2H,1H3/p+1. The van der Waals surface area contributed by atoms with E-state index in [1.165, 1.54) is 6.92 Å². The van der Waals surface area contributed by atoms with Gasteiger partial charge in [-0.05, 0) is 44.0 Å². The van der Waals surface area contributed by atoms with Gasteiger partial charge in [-0.1, -0.05) is 0 Å². The molecule has 22 heavy (non-hydrogen) atoms. The van der Waals surface area contributed by atoms with Crippen LogP contribution in [0.2, 0.25) is 0 Å². The minimum atomic E-state index is -4.48. The molecule has 1 N–H and O–H groups in total. The Morgan fingerprint density at radius 3 is 2.32 bits per heavy atom. The van der Waals surface area contributed by atoms with Crippen LogP contribution >= 0.6 is 11.8 Å². The van der Waals surface area contributed by atoms with Gasteiger partial charge in [0.1, 0.15) is 0 Å². The van der Waals surface area contributed by atoms with Crippen molar-refractivity contribution in [3.05, 3.63) is 39.5 Å². The number of ketones is 1. The lowest BCUT2D eigenvalue weighted by Gasteiger charge is -2.10. The fourth-order valence-electron chi connectivity index (χ4n) is 1.92. The average molecular weight is 350 g/mol. The number of aromatic amines is 1. The number of aromatic nitrogens is 1. The quantitative estimate of drug-likeness (QED) is 0.514. The highest BCUT2D eigenvalue weighted by molar-refractivity contribution is 7.98. The van der Waals surface area contributed by atoms with Crippen molar-refractivity contribution >= 4 is 41.1 Å². The lowest BCUT2D eigenvalue weighted by molar-refractivity contribution is -0.137. The number of hydrogen-bond donors (Lipinski definition) is 1. The van der Waals surface area contributed by atoms with E-state index < -0.39 is 23.0 Å². The molecule has 2 rings (SSSR count). The van der Waals surface area contributed by atoms with Crippen LogP contribution in [0, 0.1) is 0 Å². The summed E-state index contributed by atoms with van der Waals surface area (Å²) < 4.78 is 38.0. The maximum Gasteiger partial charge on any atom is 0.416 e. The molecule has 0 aliphatic rings. The van der Waals surface area contributed by atoms with E-state index in [-0.39, 0.29) is 21.5 Å². The number of pyridine rings is 1. The Kier molecular flexibility index (Phi) is 6.13. The van der Waals surface area contributed by atoms with Crippen LogP contribution in [0.3, 0.4) is 0 Å².